The maximum atomic E-state index is 12.5. The highest BCUT2D eigenvalue weighted by Crippen LogP contribution is 2.21. The number of carbonyl (C=O) groups excluding carboxylic acids is 1. The first-order chi connectivity index (χ1) is 12.6. The van der Waals surface area contributed by atoms with Crippen LogP contribution in [-0.4, -0.2) is 40.1 Å². The molecule has 1 aliphatic rings. The normalized spacial score (nSPS) is 17.3. The molecule has 26 heavy (non-hydrogen) atoms. The lowest BCUT2D eigenvalue weighted by atomic mass is 9.98. The fourth-order valence-corrected chi connectivity index (χ4v) is 3.55. The van der Waals surface area contributed by atoms with E-state index in [0.29, 0.717) is 18.9 Å². The molecule has 0 spiro atoms. The first-order valence-corrected chi connectivity index (χ1v) is 9.57. The Bertz CT molecular complexity index is 726. The number of nitrogens with zero attached hydrogens (tertiary/aromatic N) is 3. The summed E-state index contributed by atoms with van der Waals surface area (Å²) >= 11 is 0. The molecule has 1 aliphatic heterocycles. The molecule has 5 heteroatoms. The monoisotopic (exact) mass is 355 g/mol. The molecule has 1 fully saturated rings. The molecule has 0 radical (unpaired) electrons. The lowest BCUT2D eigenvalue weighted by Gasteiger charge is -2.33. The lowest BCUT2D eigenvalue weighted by molar-refractivity contribution is -0.133. The van der Waals surface area contributed by atoms with Crippen molar-refractivity contribution in [3.63, 3.8) is 0 Å². The number of benzene rings is 1. The third-order valence-corrected chi connectivity index (χ3v) is 5.15. The summed E-state index contributed by atoms with van der Waals surface area (Å²) in [5.41, 5.74) is 1.16. The second-order valence-corrected chi connectivity index (χ2v) is 7.20. The van der Waals surface area contributed by atoms with Crippen LogP contribution >= 0.6 is 0 Å². The van der Waals surface area contributed by atoms with Crippen molar-refractivity contribution in [1.29, 1.82) is 0 Å². The van der Waals surface area contributed by atoms with Crippen LogP contribution in [0, 0.1) is 19.8 Å². The molecule has 2 heterocycles. The van der Waals surface area contributed by atoms with Crippen molar-refractivity contribution in [1.82, 2.24) is 14.5 Å². The van der Waals surface area contributed by atoms with E-state index in [1.165, 1.54) is 0 Å². The molecule has 0 aliphatic carbocycles. The van der Waals surface area contributed by atoms with Crippen molar-refractivity contribution < 1.29 is 9.53 Å². The topological polar surface area (TPSA) is 47.4 Å². The Morgan fingerprint density at radius 1 is 1.31 bits per heavy atom. The second kappa shape index (κ2) is 8.88. The summed E-state index contributed by atoms with van der Waals surface area (Å²) in [4.78, 5) is 18.8. The number of aryl methyl sites for hydroxylation is 3. The standard InChI is InChI=1S/C21H29N3O2/c1-17-7-3-4-9-20(17)26-16-19-8-5-13-24(15-19)21(25)10-6-12-23-14-11-22-18(23)2/h3-4,7,9,11,14,19H,5-6,8,10,12-13,15-16H2,1-2H3. The summed E-state index contributed by atoms with van der Waals surface area (Å²) in [5.74, 6) is 2.64. The van der Waals surface area contributed by atoms with E-state index in [-0.39, 0.29) is 5.91 Å². The summed E-state index contributed by atoms with van der Waals surface area (Å²) in [6.07, 6.45) is 7.43. The molecule has 140 valence electrons. The maximum absolute atomic E-state index is 12.5. The van der Waals surface area contributed by atoms with Gasteiger partial charge in [-0.2, -0.15) is 0 Å². The first-order valence-electron chi connectivity index (χ1n) is 9.57. The quantitative estimate of drug-likeness (QED) is 0.762. The Balaban J connectivity index is 1.43. The molecule has 1 aromatic carbocycles. The van der Waals surface area contributed by atoms with E-state index >= 15 is 0 Å². The van der Waals surface area contributed by atoms with E-state index in [2.05, 4.69) is 22.5 Å². The number of piperidine rings is 1. The minimum absolute atomic E-state index is 0.267. The maximum Gasteiger partial charge on any atom is 0.222 e. The largest absolute Gasteiger partial charge is 0.493 e. The minimum Gasteiger partial charge on any atom is -0.493 e. The molecule has 1 unspecified atom stereocenters. The number of ether oxygens (including phenoxy) is 1. The molecule has 1 amide bonds. The van der Waals surface area contributed by atoms with Gasteiger partial charge in [0.15, 0.2) is 0 Å². The first kappa shape index (κ1) is 18.5. The van der Waals surface area contributed by atoms with E-state index in [1.807, 2.05) is 36.2 Å². The second-order valence-electron chi connectivity index (χ2n) is 7.20. The van der Waals surface area contributed by atoms with Crippen LogP contribution in [0.1, 0.15) is 37.1 Å². The molecule has 3 rings (SSSR count). The summed E-state index contributed by atoms with van der Waals surface area (Å²) in [7, 11) is 0. The predicted molar refractivity (Wildman–Crippen MR) is 102 cm³/mol. The van der Waals surface area contributed by atoms with E-state index in [4.69, 9.17) is 4.74 Å². The van der Waals surface area contributed by atoms with E-state index in [9.17, 15) is 4.79 Å². The van der Waals surface area contributed by atoms with Crippen LogP contribution in [0.3, 0.4) is 0 Å². The van der Waals surface area contributed by atoms with Crippen molar-refractivity contribution >= 4 is 5.91 Å². The van der Waals surface area contributed by atoms with Gasteiger partial charge in [-0.15, -0.1) is 0 Å². The van der Waals surface area contributed by atoms with Gasteiger partial charge in [0, 0.05) is 44.4 Å². The highest BCUT2D eigenvalue weighted by Gasteiger charge is 2.24. The van der Waals surface area contributed by atoms with Gasteiger partial charge in [0.2, 0.25) is 5.91 Å². The summed E-state index contributed by atoms with van der Waals surface area (Å²) in [5, 5.41) is 0. The highest BCUT2D eigenvalue weighted by atomic mass is 16.5. The zero-order valence-electron chi connectivity index (χ0n) is 15.9. The fourth-order valence-electron chi connectivity index (χ4n) is 3.55. The smallest absolute Gasteiger partial charge is 0.222 e. The number of carbonyl (C=O) groups is 1. The Morgan fingerprint density at radius 3 is 2.92 bits per heavy atom. The Labute approximate surface area is 156 Å². The predicted octanol–water partition coefficient (Wildman–Crippen LogP) is 3.60. The van der Waals surface area contributed by atoms with Crippen molar-refractivity contribution in [2.24, 2.45) is 5.92 Å². The highest BCUT2D eigenvalue weighted by molar-refractivity contribution is 5.76. The summed E-state index contributed by atoms with van der Waals surface area (Å²) < 4.78 is 8.10. The molecule has 0 N–H and O–H groups in total. The molecule has 1 atom stereocenters. The van der Waals surface area contributed by atoms with Gasteiger partial charge in [0.25, 0.3) is 0 Å². The Kier molecular flexibility index (Phi) is 6.31. The van der Waals surface area contributed by atoms with Gasteiger partial charge in [-0.3, -0.25) is 4.79 Å². The van der Waals surface area contributed by atoms with Crippen LogP contribution in [0.15, 0.2) is 36.7 Å². The molecule has 2 aromatic rings. The van der Waals surface area contributed by atoms with Crippen LogP contribution in [0.4, 0.5) is 0 Å². The number of likely N-dealkylation sites (tertiary alicyclic amines) is 1. The fraction of sp³-hybridized carbons (Fsp3) is 0.524. The van der Waals surface area contributed by atoms with Gasteiger partial charge in [0.1, 0.15) is 11.6 Å². The molecular weight excluding hydrogens is 326 g/mol. The van der Waals surface area contributed by atoms with Crippen LogP contribution in [0.2, 0.25) is 0 Å². The molecule has 1 aromatic heterocycles. The van der Waals surface area contributed by atoms with E-state index in [1.54, 1.807) is 6.20 Å². The zero-order chi connectivity index (χ0) is 18.4. The third kappa shape index (κ3) is 4.87. The minimum atomic E-state index is 0.267. The number of imidazole rings is 1. The van der Waals surface area contributed by atoms with Gasteiger partial charge < -0.3 is 14.2 Å². The van der Waals surface area contributed by atoms with E-state index < -0.39 is 0 Å². The molecule has 1 saturated heterocycles. The molecular formula is C21H29N3O2. The summed E-state index contributed by atoms with van der Waals surface area (Å²) in [6, 6.07) is 8.10. The number of amides is 1. The van der Waals surface area contributed by atoms with Crippen LogP contribution in [-0.2, 0) is 11.3 Å². The average Bonchev–Trinajstić information content (AvgIpc) is 3.06. The third-order valence-electron chi connectivity index (χ3n) is 5.15. The van der Waals surface area contributed by atoms with Gasteiger partial charge in [-0.1, -0.05) is 18.2 Å². The molecule has 0 saturated carbocycles. The van der Waals surface area contributed by atoms with Crippen molar-refractivity contribution in [3.05, 3.63) is 48.0 Å². The van der Waals surface area contributed by atoms with Crippen molar-refractivity contribution in [3.8, 4) is 5.75 Å². The molecule has 5 nitrogen and oxygen atoms in total. The van der Waals surface area contributed by atoms with Gasteiger partial charge in [-0.05, 0) is 44.7 Å². The number of hydrogen-bond donors (Lipinski definition) is 0. The van der Waals surface area contributed by atoms with Gasteiger partial charge in [0.05, 0.1) is 6.61 Å². The van der Waals surface area contributed by atoms with Crippen LogP contribution < -0.4 is 4.74 Å². The van der Waals surface area contributed by atoms with Crippen LogP contribution in [0.25, 0.3) is 0 Å². The van der Waals surface area contributed by atoms with E-state index in [0.717, 1.165) is 56.0 Å². The number of hydrogen-bond acceptors (Lipinski definition) is 3. The lowest BCUT2D eigenvalue weighted by Crippen LogP contribution is -2.41. The SMILES string of the molecule is Cc1ccccc1OCC1CCCN(C(=O)CCCn2ccnc2C)C1. The molecule has 0 bridgehead atoms. The van der Waals surface area contributed by atoms with Gasteiger partial charge >= 0.3 is 0 Å². The Morgan fingerprint density at radius 2 is 2.15 bits per heavy atom. The number of aromatic nitrogens is 2. The van der Waals surface area contributed by atoms with Crippen LogP contribution in [0.5, 0.6) is 5.75 Å². The van der Waals surface area contributed by atoms with Crippen molar-refractivity contribution in [2.45, 2.75) is 46.1 Å². The number of rotatable bonds is 7. The summed E-state index contributed by atoms with van der Waals surface area (Å²) in [6.45, 7) is 7.28. The van der Waals surface area contributed by atoms with Crippen molar-refractivity contribution in [2.75, 3.05) is 19.7 Å². The zero-order valence-corrected chi connectivity index (χ0v) is 15.9. The van der Waals surface area contributed by atoms with Gasteiger partial charge in [-0.25, -0.2) is 4.98 Å². The number of para-hydroxylation sites is 1. The Hall–Kier alpha value is -2.30. The average molecular weight is 355 g/mol.